The molecule has 1 N–H and O–H groups in total. The zero-order valence-electron chi connectivity index (χ0n) is 10.9. The molecule has 0 saturated heterocycles. The van der Waals surface area contributed by atoms with E-state index in [0.29, 0.717) is 5.88 Å². The van der Waals surface area contributed by atoms with Crippen LogP contribution in [-0.4, -0.2) is 10.9 Å². The number of nitrogens with zero attached hydrogens (tertiary/aromatic N) is 1. The summed E-state index contributed by atoms with van der Waals surface area (Å²) in [6, 6.07) is 8.12. The van der Waals surface area contributed by atoms with Crippen molar-refractivity contribution < 1.29 is 17.4 Å². The van der Waals surface area contributed by atoms with Crippen molar-refractivity contribution >= 4 is 45.0 Å². The van der Waals surface area contributed by atoms with E-state index in [9.17, 15) is 0 Å². The smallest absolute Gasteiger partial charge is 0.237 e. The lowest BCUT2D eigenvalue weighted by Gasteiger charge is -2.09. The van der Waals surface area contributed by atoms with E-state index >= 15 is 0 Å². The Labute approximate surface area is 133 Å². The van der Waals surface area contributed by atoms with Crippen LogP contribution in [-0.2, 0) is 6.42 Å². The van der Waals surface area contributed by atoms with Gasteiger partial charge in [-0.1, -0.05) is 17.7 Å². The van der Waals surface area contributed by atoms with Gasteiger partial charge in [-0.15, -0.1) is 11.6 Å². The third-order valence-electron chi connectivity index (χ3n) is 3.37. The van der Waals surface area contributed by atoms with Crippen LogP contribution in [0.4, 0.5) is 0 Å². The summed E-state index contributed by atoms with van der Waals surface area (Å²) in [4.78, 5) is 7.96. The molecule has 0 spiro atoms. The summed E-state index contributed by atoms with van der Waals surface area (Å²) in [7, 11) is 0. The molecule has 20 heavy (non-hydrogen) atoms. The number of fused-ring (bicyclic) bond motifs is 3. The van der Waals surface area contributed by atoms with Crippen molar-refractivity contribution in [2.24, 2.45) is 0 Å². The van der Waals surface area contributed by atoms with Gasteiger partial charge in [0.15, 0.2) is 6.20 Å². The summed E-state index contributed by atoms with van der Waals surface area (Å²) < 4.78 is 0. The van der Waals surface area contributed by atoms with E-state index in [-0.39, 0.29) is 12.4 Å². The Hall–Kier alpha value is -1.09. The third kappa shape index (κ3) is 2.44. The van der Waals surface area contributed by atoms with Gasteiger partial charge in [0.1, 0.15) is 5.52 Å². The average molecular weight is 328 g/mol. The van der Waals surface area contributed by atoms with Crippen molar-refractivity contribution in [1.29, 1.82) is 0 Å². The number of rotatable bonds is 2. The number of aromatic amines is 1. The molecule has 3 rings (SSSR count). The van der Waals surface area contributed by atoms with Crippen molar-refractivity contribution in [1.82, 2.24) is 4.98 Å². The predicted octanol–water partition coefficient (Wildman–Crippen LogP) is 0.949. The first-order chi connectivity index (χ1) is 9.22. The normalized spacial score (nSPS) is 10.8. The largest absolute Gasteiger partial charge is 1.00 e. The maximum Gasteiger partial charge on any atom is 0.237 e. The van der Waals surface area contributed by atoms with E-state index < -0.39 is 0 Å². The lowest BCUT2D eigenvalue weighted by molar-refractivity contribution is -0.343. The number of hydrogen-bond acceptors (Lipinski definition) is 1. The van der Waals surface area contributed by atoms with Gasteiger partial charge in [-0.05, 0) is 31.0 Å². The molecule has 0 unspecified atom stereocenters. The minimum atomic E-state index is 0. The number of halogens is 3. The number of aryl methyl sites for hydroxylation is 1. The fourth-order valence-corrected chi connectivity index (χ4v) is 2.99. The first kappa shape index (κ1) is 15.3. The summed E-state index contributed by atoms with van der Waals surface area (Å²) in [6.45, 7) is 1.98. The van der Waals surface area contributed by atoms with Crippen LogP contribution < -0.4 is 17.4 Å². The predicted molar refractivity (Wildman–Crippen MR) is 80.0 cm³/mol. The van der Waals surface area contributed by atoms with Crippen molar-refractivity contribution in [3.63, 3.8) is 0 Å². The molecule has 0 bridgehead atoms. The monoisotopic (exact) mass is 326 g/mol. The van der Waals surface area contributed by atoms with Gasteiger partial charge in [0.25, 0.3) is 0 Å². The summed E-state index contributed by atoms with van der Waals surface area (Å²) in [6.07, 6.45) is 2.64. The van der Waals surface area contributed by atoms with E-state index in [4.69, 9.17) is 28.2 Å². The van der Waals surface area contributed by atoms with Crippen molar-refractivity contribution in [2.75, 3.05) is 5.88 Å². The molecule has 0 amide bonds. The Balaban J connectivity index is 0.00000147. The maximum absolute atomic E-state index is 6.51. The first-order valence-corrected chi connectivity index (χ1v) is 7.07. The minimum Gasteiger partial charge on any atom is -1.00 e. The van der Waals surface area contributed by atoms with Crippen molar-refractivity contribution in [3.05, 3.63) is 46.7 Å². The third-order valence-corrected chi connectivity index (χ3v) is 3.99. The molecular weight excluding hydrogens is 315 g/mol. The van der Waals surface area contributed by atoms with Crippen LogP contribution in [0.5, 0.6) is 0 Å². The SMILES string of the molecule is Cc1nc2c(ccc3ccc[nH+]c32)c(Cl)c1CCCl.[Cl-]. The van der Waals surface area contributed by atoms with Crippen LogP contribution in [0, 0.1) is 6.92 Å². The molecule has 0 aliphatic rings. The van der Waals surface area contributed by atoms with Crippen LogP contribution in [0.15, 0.2) is 30.5 Å². The van der Waals surface area contributed by atoms with Crippen LogP contribution in [0.2, 0.25) is 5.02 Å². The molecule has 0 aliphatic heterocycles. The number of nitrogens with one attached hydrogen (secondary N) is 1. The van der Waals surface area contributed by atoms with E-state index in [1.54, 1.807) is 0 Å². The van der Waals surface area contributed by atoms with Crippen molar-refractivity contribution in [3.8, 4) is 0 Å². The van der Waals surface area contributed by atoms with Crippen molar-refractivity contribution in [2.45, 2.75) is 13.3 Å². The fraction of sp³-hybridized carbons (Fsp3) is 0.200. The number of H-pyrrole nitrogens is 1. The molecule has 3 aromatic rings. The van der Waals surface area contributed by atoms with Gasteiger partial charge in [0.2, 0.25) is 5.52 Å². The van der Waals surface area contributed by atoms with E-state index in [1.165, 1.54) is 0 Å². The first-order valence-electron chi connectivity index (χ1n) is 6.16. The second-order valence-corrected chi connectivity index (χ2v) is 5.28. The van der Waals surface area contributed by atoms with Gasteiger partial charge < -0.3 is 12.4 Å². The lowest BCUT2D eigenvalue weighted by atomic mass is 10.1. The second-order valence-electron chi connectivity index (χ2n) is 4.52. The Morgan fingerprint density at radius 1 is 1.25 bits per heavy atom. The Morgan fingerprint density at radius 3 is 2.80 bits per heavy atom. The van der Waals surface area contributed by atoms with E-state index in [2.05, 4.69) is 17.1 Å². The quantitative estimate of drug-likeness (QED) is 0.508. The van der Waals surface area contributed by atoms with Gasteiger partial charge in [-0.3, -0.25) is 0 Å². The molecule has 2 aromatic heterocycles. The molecule has 0 atom stereocenters. The Bertz CT molecular complexity index is 772. The Kier molecular flexibility index (Phi) is 4.69. The van der Waals surface area contributed by atoms with Gasteiger partial charge in [0.05, 0.1) is 5.02 Å². The topological polar surface area (TPSA) is 27.0 Å². The highest BCUT2D eigenvalue weighted by atomic mass is 35.5. The zero-order valence-corrected chi connectivity index (χ0v) is 13.1. The molecule has 0 radical (unpaired) electrons. The molecule has 2 heterocycles. The minimum absolute atomic E-state index is 0. The maximum atomic E-state index is 6.51. The van der Waals surface area contributed by atoms with E-state index in [1.807, 2.05) is 25.3 Å². The lowest BCUT2D eigenvalue weighted by Crippen LogP contribution is -3.00. The number of hydrogen-bond donors (Lipinski definition) is 0. The van der Waals surface area contributed by atoms with E-state index in [0.717, 1.165) is 44.5 Å². The summed E-state index contributed by atoms with van der Waals surface area (Å²) in [5.41, 5.74) is 3.92. The molecule has 1 aromatic carbocycles. The second kappa shape index (κ2) is 6.13. The Morgan fingerprint density at radius 2 is 2.05 bits per heavy atom. The van der Waals surface area contributed by atoms with Gasteiger partial charge in [-0.2, -0.15) is 0 Å². The average Bonchev–Trinajstić information content (AvgIpc) is 2.43. The molecule has 104 valence electrons. The van der Waals surface area contributed by atoms with Crippen LogP contribution in [0.3, 0.4) is 0 Å². The molecule has 0 fully saturated rings. The van der Waals surface area contributed by atoms with Gasteiger partial charge in [-0.25, -0.2) is 9.97 Å². The standard InChI is InChI=1S/C15H12Cl2N2.ClH/c1-9-11(6-7-16)13(17)12-5-4-10-3-2-8-18-14(10)15(12)19-9;/h2-5,8H,6-7H2,1H3;1H. The van der Waals surface area contributed by atoms with Gasteiger partial charge in [0, 0.05) is 28.4 Å². The molecule has 0 saturated carbocycles. The number of alkyl halides is 1. The summed E-state index contributed by atoms with van der Waals surface area (Å²) in [5, 5.41) is 2.87. The molecule has 5 heteroatoms. The highest BCUT2D eigenvalue weighted by Crippen LogP contribution is 2.31. The van der Waals surface area contributed by atoms with Crippen LogP contribution >= 0.6 is 23.2 Å². The molecule has 2 nitrogen and oxygen atoms in total. The molecular formula is C15H13Cl3N2. The zero-order chi connectivity index (χ0) is 13.4. The fourth-order valence-electron chi connectivity index (χ4n) is 2.42. The number of pyridine rings is 2. The highest BCUT2D eigenvalue weighted by Gasteiger charge is 2.15. The summed E-state index contributed by atoms with van der Waals surface area (Å²) >= 11 is 12.3. The van der Waals surface area contributed by atoms with Crippen LogP contribution in [0.25, 0.3) is 21.8 Å². The number of aromatic nitrogens is 2. The number of benzene rings is 1. The summed E-state index contributed by atoms with van der Waals surface area (Å²) in [5.74, 6) is 0.549. The van der Waals surface area contributed by atoms with Crippen LogP contribution in [0.1, 0.15) is 11.3 Å². The highest BCUT2D eigenvalue weighted by molar-refractivity contribution is 6.37. The van der Waals surface area contributed by atoms with Gasteiger partial charge >= 0.3 is 0 Å². The molecule has 0 aliphatic carbocycles.